The molecule has 0 N–H and O–H groups in total. The molecule has 0 atom stereocenters. The Bertz CT molecular complexity index is 4910. The molecule has 366 valence electrons. The van der Waals surface area contributed by atoms with Gasteiger partial charge in [-0.2, -0.15) is 0 Å². The second kappa shape index (κ2) is 17.0. The second-order valence-electron chi connectivity index (χ2n) is 21.5. The fourth-order valence-corrected chi connectivity index (χ4v) is 13.4. The van der Waals surface area contributed by atoms with E-state index >= 15 is 0 Å². The smallest absolute Gasteiger partial charge is 0.143 e. The number of furan rings is 1. The van der Waals surface area contributed by atoms with E-state index in [0.29, 0.717) is 0 Å². The molecule has 1 aromatic heterocycles. The summed E-state index contributed by atoms with van der Waals surface area (Å²) in [4.78, 5) is 4.94. The SMILES string of the molecule is CC1(C)c2ccccc2-c2ccc(N(c3ccc4c(c3)-c3ccccc3-c3ccccc3N4c3ccccc3)c3ccc4c(c3)c3ccccc3c3ccccc3c3ccccc3c3c4ccc4c5ccccc5oc43)cc21. The molecule has 13 aromatic carbocycles. The highest BCUT2D eigenvalue weighted by Gasteiger charge is 2.36. The Morgan fingerprint density at radius 2 is 0.769 bits per heavy atom. The Hall–Kier alpha value is -9.96. The summed E-state index contributed by atoms with van der Waals surface area (Å²) in [6.07, 6.45) is 0. The van der Waals surface area contributed by atoms with Gasteiger partial charge in [-0.25, -0.2) is 0 Å². The average Bonchev–Trinajstić information content (AvgIpc) is 4.17. The van der Waals surface area contributed by atoms with Crippen LogP contribution in [0.5, 0.6) is 0 Å². The second-order valence-corrected chi connectivity index (χ2v) is 21.5. The van der Waals surface area contributed by atoms with Gasteiger partial charge in [0.05, 0.1) is 11.4 Å². The average molecular weight is 995 g/mol. The molecular weight excluding hydrogens is 945 g/mol. The summed E-state index contributed by atoms with van der Waals surface area (Å²) >= 11 is 0. The van der Waals surface area contributed by atoms with Gasteiger partial charge in [0.25, 0.3) is 0 Å². The molecule has 1 aliphatic heterocycles. The third-order valence-corrected chi connectivity index (χ3v) is 17.0. The van der Waals surface area contributed by atoms with Crippen molar-refractivity contribution in [1.82, 2.24) is 0 Å². The molecular formula is C75H50N2O. The molecule has 3 heteroatoms. The van der Waals surface area contributed by atoms with Crippen LogP contribution in [-0.2, 0) is 5.41 Å². The predicted octanol–water partition coefficient (Wildman–Crippen LogP) is 21.4. The van der Waals surface area contributed by atoms with E-state index in [4.69, 9.17) is 4.42 Å². The van der Waals surface area contributed by atoms with Gasteiger partial charge in [-0.1, -0.05) is 208 Å². The maximum Gasteiger partial charge on any atom is 0.143 e. The highest BCUT2D eigenvalue weighted by atomic mass is 16.3. The lowest BCUT2D eigenvalue weighted by Gasteiger charge is -2.31. The number of para-hydroxylation sites is 3. The van der Waals surface area contributed by atoms with Gasteiger partial charge in [-0.15, -0.1) is 0 Å². The van der Waals surface area contributed by atoms with E-state index in [2.05, 4.69) is 291 Å². The first-order valence-electron chi connectivity index (χ1n) is 27.1. The van der Waals surface area contributed by atoms with E-state index in [1.54, 1.807) is 0 Å². The molecule has 2 aliphatic rings. The van der Waals surface area contributed by atoms with Gasteiger partial charge in [0.1, 0.15) is 11.2 Å². The molecule has 0 spiro atoms. The lowest BCUT2D eigenvalue weighted by molar-refractivity contribution is 0.660. The molecule has 0 bridgehead atoms. The number of rotatable bonds is 4. The van der Waals surface area contributed by atoms with Crippen molar-refractivity contribution in [1.29, 1.82) is 0 Å². The van der Waals surface area contributed by atoms with E-state index < -0.39 is 0 Å². The summed E-state index contributed by atoms with van der Waals surface area (Å²) in [5, 5.41) is 13.7. The van der Waals surface area contributed by atoms with E-state index in [0.717, 1.165) is 93.9 Å². The number of hydrogen-bond donors (Lipinski definition) is 0. The fraction of sp³-hybridized carbons (Fsp3) is 0.0400. The fourth-order valence-electron chi connectivity index (χ4n) is 13.4. The number of fused-ring (bicyclic) bond motifs is 22. The molecule has 0 saturated carbocycles. The van der Waals surface area contributed by atoms with Crippen molar-refractivity contribution < 1.29 is 4.42 Å². The molecule has 0 fully saturated rings. The van der Waals surface area contributed by atoms with Crippen LogP contribution in [0.25, 0.3) is 109 Å². The minimum absolute atomic E-state index is 0.209. The Morgan fingerprint density at radius 3 is 1.51 bits per heavy atom. The van der Waals surface area contributed by atoms with Gasteiger partial charge in [-0.05, 0) is 155 Å². The van der Waals surface area contributed by atoms with Crippen molar-refractivity contribution in [2.45, 2.75) is 19.3 Å². The van der Waals surface area contributed by atoms with Gasteiger partial charge in [-0.3, -0.25) is 0 Å². The van der Waals surface area contributed by atoms with Crippen molar-refractivity contribution in [3.8, 4) is 33.4 Å². The first-order chi connectivity index (χ1) is 38.5. The lowest BCUT2D eigenvalue weighted by Crippen LogP contribution is -2.17. The van der Waals surface area contributed by atoms with Crippen molar-refractivity contribution in [3.63, 3.8) is 0 Å². The van der Waals surface area contributed by atoms with E-state index in [1.807, 2.05) is 0 Å². The van der Waals surface area contributed by atoms with Crippen LogP contribution in [0.3, 0.4) is 0 Å². The highest BCUT2D eigenvalue weighted by Crippen LogP contribution is 2.55. The minimum atomic E-state index is -0.209. The monoisotopic (exact) mass is 994 g/mol. The standard InChI is InChI=1S/C75H50N2O/c1-75(2)68-33-17-14-29-59(68)60-40-37-50(46-69(60)75)76(49-38-43-71-67(45-49)57-28-11-9-25-54(57)61-30-15-18-34-70(61)77(71)47-20-4-3-5-21-47)48-36-39-58-64-41-42-65-62-31-16-19-35-72(62)78-74(65)73(64)63-32-13-12-26-55(63)52-23-7-6-22-51(52)53-24-8-10-27-56(53)66(58)44-48/h3-46H,1-2H3. The number of nitrogens with zero attached hydrogens (tertiary/aromatic N) is 2. The van der Waals surface area contributed by atoms with E-state index in [9.17, 15) is 0 Å². The normalized spacial score (nSPS) is 13.1. The summed E-state index contributed by atoms with van der Waals surface area (Å²) in [5.74, 6) is 0. The summed E-state index contributed by atoms with van der Waals surface area (Å²) in [7, 11) is 0. The molecule has 78 heavy (non-hydrogen) atoms. The van der Waals surface area contributed by atoms with Crippen LogP contribution in [0, 0.1) is 0 Å². The number of hydrogen-bond acceptors (Lipinski definition) is 3. The van der Waals surface area contributed by atoms with Crippen LogP contribution in [0.2, 0.25) is 0 Å². The van der Waals surface area contributed by atoms with Gasteiger partial charge < -0.3 is 14.2 Å². The topological polar surface area (TPSA) is 19.6 Å². The molecule has 14 aromatic rings. The van der Waals surface area contributed by atoms with Crippen LogP contribution in [0.1, 0.15) is 25.0 Å². The predicted molar refractivity (Wildman–Crippen MR) is 330 cm³/mol. The van der Waals surface area contributed by atoms with Crippen molar-refractivity contribution in [3.05, 3.63) is 278 Å². The van der Waals surface area contributed by atoms with Crippen LogP contribution in [0.15, 0.2) is 271 Å². The molecule has 16 rings (SSSR count). The van der Waals surface area contributed by atoms with Crippen LogP contribution >= 0.6 is 0 Å². The van der Waals surface area contributed by atoms with Crippen LogP contribution in [-0.4, -0.2) is 0 Å². The summed E-state index contributed by atoms with van der Waals surface area (Å²) in [6, 6.07) is 98.8. The number of anilines is 6. The largest absolute Gasteiger partial charge is 0.455 e. The third kappa shape index (κ3) is 6.52. The summed E-state index contributed by atoms with van der Waals surface area (Å²) in [6.45, 7) is 4.75. The molecule has 0 unspecified atom stereocenters. The zero-order chi connectivity index (χ0) is 51.6. The van der Waals surface area contributed by atoms with Crippen LogP contribution < -0.4 is 9.80 Å². The zero-order valence-corrected chi connectivity index (χ0v) is 43.2. The first kappa shape index (κ1) is 44.3. The molecule has 1 aliphatic carbocycles. The Balaban J connectivity index is 1.04. The quantitative estimate of drug-likeness (QED) is 0.175. The molecule has 3 nitrogen and oxygen atoms in total. The summed E-state index contributed by atoms with van der Waals surface area (Å²) in [5.41, 5.74) is 18.2. The lowest BCUT2D eigenvalue weighted by atomic mass is 9.82. The van der Waals surface area contributed by atoms with Gasteiger partial charge in [0.2, 0.25) is 0 Å². The Labute approximate surface area is 452 Å². The zero-order valence-electron chi connectivity index (χ0n) is 43.2. The summed E-state index contributed by atoms with van der Waals surface area (Å²) < 4.78 is 7.03. The van der Waals surface area contributed by atoms with E-state index in [1.165, 1.54) is 60.5 Å². The van der Waals surface area contributed by atoms with Gasteiger partial charge in [0.15, 0.2) is 0 Å². The Morgan fingerprint density at radius 1 is 0.308 bits per heavy atom. The highest BCUT2D eigenvalue weighted by molar-refractivity contribution is 6.31. The maximum atomic E-state index is 7.03. The molecule has 0 radical (unpaired) electrons. The maximum absolute atomic E-state index is 7.03. The molecule has 0 amide bonds. The van der Waals surface area contributed by atoms with E-state index in [-0.39, 0.29) is 5.41 Å². The van der Waals surface area contributed by atoms with Crippen molar-refractivity contribution >= 4 is 110 Å². The van der Waals surface area contributed by atoms with Crippen molar-refractivity contribution in [2.24, 2.45) is 0 Å². The van der Waals surface area contributed by atoms with Gasteiger partial charge in [0, 0.05) is 55.5 Å². The minimum Gasteiger partial charge on any atom is -0.455 e. The third-order valence-electron chi connectivity index (χ3n) is 17.0. The van der Waals surface area contributed by atoms with Crippen molar-refractivity contribution in [2.75, 3.05) is 9.80 Å². The number of benzene rings is 12. The molecule has 0 saturated heterocycles. The van der Waals surface area contributed by atoms with Gasteiger partial charge >= 0.3 is 0 Å². The van der Waals surface area contributed by atoms with Crippen LogP contribution in [0.4, 0.5) is 34.1 Å². The molecule has 2 heterocycles. The first-order valence-corrected chi connectivity index (χ1v) is 27.1. The Kier molecular flexibility index (Phi) is 9.68.